The lowest BCUT2D eigenvalue weighted by Crippen LogP contribution is -2.07. The number of sulfone groups is 1. The highest BCUT2D eigenvalue weighted by Gasteiger charge is 2.13. The SMILES string of the molecule is CCS(=O)(=O)Cc1ccc(C(=O)O)cc1Br. The fourth-order valence-electron chi connectivity index (χ4n) is 1.14. The summed E-state index contributed by atoms with van der Waals surface area (Å²) in [5.41, 5.74) is 0.705. The number of benzene rings is 1. The lowest BCUT2D eigenvalue weighted by molar-refractivity contribution is 0.0697. The van der Waals surface area contributed by atoms with E-state index in [9.17, 15) is 13.2 Å². The van der Waals surface area contributed by atoms with Gasteiger partial charge in [-0.15, -0.1) is 0 Å². The molecule has 1 aromatic rings. The molecule has 0 radical (unpaired) electrons. The molecule has 0 unspecified atom stereocenters. The van der Waals surface area contributed by atoms with Crippen LogP contribution in [0.1, 0.15) is 22.8 Å². The van der Waals surface area contributed by atoms with Crippen molar-refractivity contribution in [3.63, 3.8) is 0 Å². The number of aromatic carboxylic acids is 1. The number of carbonyl (C=O) groups is 1. The van der Waals surface area contributed by atoms with Gasteiger partial charge in [0.05, 0.1) is 11.3 Å². The molecule has 6 heteroatoms. The zero-order valence-corrected chi connectivity index (χ0v) is 11.0. The number of carboxylic acid groups (broad SMARTS) is 1. The van der Waals surface area contributed by atoms with Crippen LogP contribution in [0.25, 0.3) is 0 Å². The van der Waals surface area contributed by atoms with Crippen LogP contribution in [0.5, 0.6) is 0 Å². The van der Waals surface area contributed by atoms with Crippen molar-refractivity contribution in [2.45, 2.75) is 12.7 Å². The van der Waals surface area contributed by atoms with E-state index in [0.29, 0.717) is 10.0 Å². The molecule has 0 amide bonds. The minimum Gasteiger partial charge on any atom is -0.478 e. The van der Waals surface area contributed by atoms with Crippen molar-refractivity contribution >= 4 is 31.7 Å². The van der Waals surface area contributed by atoms with Gasteiger partial charge in [0.15, 0.2) is 9.84 Å². The van der Waals surface area contributed by atoms with Gasteiger partial charge in [-0.05, 0) is 17.7 Å². The molecule has 88 valence electrons. The van der Waals surface area contributed by atoms with Crippen LogP contribution < -0.4 is 0 Å². The van der Waals surface area contributed by atoms with Crippen LogP contribution in [0.15, 0.2) is 22.7 Å². The first-order valence-electron chi connectivity index (χ1n) is 4.58. The Labute approximate surface area is 102 Å². The lowest BCUT2D eigenvalue weighted by Gasteiger charge is -2.05. The molecule has 4 nitrogen and oxygen atoms in total. The van der Waals surface area contributed by atoms with E-state index in [2.05, 4.69) is 15.9 Å². The van der Waals surface area contributed by atoms with Gasteiger partial charge in [0, 0.05) is 10.2 Å². The second kappa shape index (κ2) is 4.97. The number of hydrogen-bond acceptors (Lipinski definition) is 3. The van der Waals surface area contributed by atoms with Crippen LogP contribution in [0.3, 0.4) is 0 Å². The van der Waals surface area contributed by atoms with E-state index >= 15 is 0 Å². The van der Waals surface area contributed by atoms with Crippen molar-refractivity contribution in [2.75, 3.05) is 5.75 Å². The first-order valence-corrected chi connectivity index (χ1v) is 7.19. The van der Waals surface area contributed by atoms with E-state index < -0.39 is 15.8 Å². The van der Waals surface area contributed by atoms with Crippen molar-refractivity contribution in [1.29, 1.82) is 0 Å². The number of rotatable bonds is 4. The molecular weight excluding hydrogens is 296 g/mol. The second-order valence-electron chi connectivity index (χ2n) is 3.29. The molecular formula is C10H11BrO4S. The maximum atomic E-state index is 11.4. The Kier molecular flexibility index (Phi) is 4.09. The monoisotopic (exact) mass is 306 g/mol. The molecule has 0 aliphatic rings. The molecule has 0 atom stereocenters. The van der Waals surface area contributed by atoms with E-state index in [1.165, 1.54) is 18.2 Å². The summed E-state index contributed by atoms with van der Waals surface area (Å²) >= 11 is 3.17. The molecule has 0 aromatic heterocycles. The molecule has 0 heterocycles. The first-order chi connectivity index (χ1) is 7.35. The summed E-state index contributed by atoms with van der Waals surface area (Å²) in [6, 6.07) is 4.32. The quantitative estimate of drug-likeness (QED) is 0.924. The Bertz CT molecular complexity index is 508. The van der Waals surface area contributed by atoms with Gasteiger partial charge in [0.25, 0.3) is 0 Å². The topological polar surface area (TPSA) is 71.4 Å². The smallest absolute Gasteiger partial charge is 0.335 e. The molecule has 0 fully saturated rings. The summed E-state index contributed by atoms with van der Waals surface area (Å²) in [5.74, 6) is -1.05. The Morgan fingerprint density at radius 3 is 2.50 bits per heavy atom. The van der Waals surface area contributed by atoms with E-state index in [1.54, 1.807) is 6.92 Å². The maximum absolute atomic E-state index is 11.4. The van der Waals surface area contributed by atoms with Gasteiger partial charge in [-0.2, -0.15) is 0 Å². The predicted octanol–water partition coefficient (Wildman–Crippen LogP) is 2.08. The maximum Gasteiger partial charge on any atom is 0.335 e. The molecule has 1 rings (SSSR count). The fraction of sp³-hybridized carbons (Fsp3) is 0.300. The summed E-state index contributed by atoms with van der Waals surface area (Å²) in [4.78, 5) is 10.7. The van der Waals surface area contributed by atoms with Crippen molar-refractivity contribution in [3.05, 3.63) is 33.8 Å². The second-order valence-corrected chi connectivity index (χ2v) is 6.50. The minimum atomic E-state index is -3.11. The number of halogens is 1. The van der Waals surface area contributed by atoms with Gasteiger partial charge in [-0.1, -0.05) is 28.9 Å². The largest absolute Gasteiger partial charge is 0.478 e. The van der Waals surface area contributed by atoms with Gasteiger partial charge in [0.2, 0.25) is 0 Å². The molecule has 0 aliphatic heterocycles. The third-order valence-electron chi connectivity index (χ3n) is 2.12. The summed E-state index contributed by atoms with van der Waals surface area (Å²) in [5, 5.41) is 8.74. The highest BCUT2D eigenvalue weighted by Crippen LogP contribution is 2.21. The van der Waals surface area contributed by atoms with Crippen LogP contribution >= 0.6 is 15.9 Å². The summed E-state index contributed by atoms with van der Waals surface area (Å²) < 4.78 is 23.3. The predicted molar refractivity (Wildman–Crippen MR) is 64.3 cm³/mol. The van der Waals surface area contributed by atoms with E-state index in [1.807, 2.05) is 0 Å². The average Bonchev–Trinajstić information content (AvgIpc) is 2.20. The van der Waals surface area contributed by atoms with Crippen LogP contribution in [-0.4, -0.2) is 25.2 Å². The average molecular weight is 307 g/mol. The summed E-state index contributed by atoms with van der Waals surface area (Å²) in [6.07, 6.45) is 0. The van der Waals surface area contributed by atoms with Crippen LogP contribution in [0.2, 0.25) is 0 Å². The number of hydrogen-bond donors (Lipinski definition) is 1. The molecule has 1 aromatic carbocycles. The minimum absolute atomic E-state index is 0.0696. The normalized spacial score (nSPS) is 11.4. The van der Waals surface area contributed by atoms with Crippen LogP contribution in [-0.2, 0) is 15.6 Å². The zero-order valence-electron chi connectivity index (χ0n) is 8.60. The zero-order chi connectivity index (χ0) is 12.3. The Morgan fingerprint density at radius 2 is 2.06 bits per heavy atom. The van der Waals surface area contributed by atoms with E-state index in [-0.39, 0.29) is 17.1 Å². The Hall–Kier alpha value is -0.880. The van der Waals surface area contributed by atoms with Gasteiger partial charge >= 0.3 is 5.97 Å². The molecule has 0 saturated heterocycles. The molecule has 1 N–H and O–H groups in total. The van der Waals surface area contributed by atoms with Crippen molar-refractivity contribution in [3.8, 4) is 0 Å². The van der Waals surface area contributed by atoms with Gasteiger partial charge in [0.1, 0.15) is 0 Å². The third kappa shape index (κ3) is 3.31. The Morgan fingerprint density at radius 1 is 1.44 bits per heavy atom. The standard InChI is InChI=1S/C10H11BrO4S/c1-2-16(14,15)6-8-4-3-7(10(12)13)5-9(8)11/h3-5H,2,6H2,1H3,(H,12,13). The van der Waals surface area contributed by atoms with E-state index in [4.69, 9.17) is 5.11 Å². The molecule has 0 aliphatic carbocycles. The molecule has 0 bridgehead atoms. The Balaban J connectivity index is 3.05. The van der Waals surface area contributed by atoms with Gasteiger partial charge < -0.3 is 5.11 Å². The molecule has 0 spiro atoms. The molecule has 0 saturated carbocycles. The van der Waals surface area contributed by atoms with Crippen molar-refractivity contribution in [2.24, 2.45) is 0 Å². The first kappa shape index (κ1) is 13.2. The van der Waals surface area contributed by atoms with E-state index in [0.717, 1.165) is 0 Å². The summed E-state index contributed by atoms with van der Waals surface area (Å²) in [6.45, 7) is 1.58. The summed E-state index contributed by atoms with van der Waals surface area (Å²) in [7, 11) is -3.11. The molecule has 16 heavy (non-hydrogen) atoms. The van der Waals surface area contributed by atoms with Crippen LogP contribution in [0.4, 0.5) is 0 Å². The third-order valence-corrected chi connectivity index (χ3v) is 4.48. The van der Waals surface area contributed by atoms with Crippen LogP contribution in [0, 0.1) is 0 Å². The number of carboxylic acids is 1. The fourth-order valence-corrected chi connectivity index (χ4v) is 2.77. The van der Waals surface area contributed by atoms with Gasteiger partial charge in [-0.3, -0.25) is 0 Å². The van der Waals surface area contributed by atoms with Crippen molar-refractivity contribution in [1.82, 2.24) is 0 Å². The highest BCUT2D eigenvalue weighted by molar-refractivity contribution is 9.10. The van der Waals surface area contributed by atoms with Crippen molar-refractivity contribution < 1.29 is 18.3 Å². The van der Waals surface area contributed by atoms with Gasteiger partial charge in [-0.25, -0.2) is 13.2 Å². The lowest BCUT2D eigenvalue weighted by atomic mass is 10.1. The highest BCUT2D eigenvalue weighted by atomic mass is 79.9.